The Morgan fingerprint density at radius 3 is 1.92 bits per heavy atom. The molecule has 0 spiro atoms. The van der Waals surface area contributed by atoms with Crippen molar-refractivity contribution in [2.24, 2.45) is 0 Å². The molecule has 0 radical (unpaired) electrons. The summed E-state index contributed by atoms with van der Waals surface area (Å²) >= 11 is 0. The quantitative estimate of drug-likeness (QED) is 0.332. The molecular weight excluding hydrogens is 432 g/mol. The maximum atomic E-state index is 4.23. The maximum Gasteiger partial charge on any atom is 0.0240 e. The Bertz CT molecular complexity index is 1570. The average Bonchev–Trinajstić information content (AvgIpc) is 3.24. The van der Waals surface area contributed by atoms with Crippen molar-refractivity contribution in [2.45, 2.75) is 6.92 Å². The highest BCUT2D eigenvalue weighted by atomic mass is 14.3. The van der Waals surface area contributed by atoms with Gasteiger partial charge in [-0.1, -0.05) is 129 Å². The molecule has 0 atom stereocenters. The minimum absolute atomic E-state index is 0.979. The van der Waals surface area contributed by atoms with Crippen molar-refractivity contribution in [3.05, 3.63) is 162 Å². The first-order chi connectivity index (χ1) is 17.6. The van der Waals surface area contributed by atoms with E-state index in [1.165, 1.54) is 11.1 Å². The highest BCUT2D eigenvalue weighted by molar-refractivity contribution is 6.01. The van der Waals surface area contributed by atoms with Crippen LogP contribution in [0.15, 0.2) is 139 Å². The van der Waals surface area contributed by atoms with Crippen LogP contribution in [0.25, 0.3) is 46.1 Å². The molecule has 0 amide bonds. The SMILES string of the molecule is C=Cc1c(C=C)c(-c2ccccc2)c2c(c1-c1ccccc1)C=CC(C1=CC=CC(=C)C=C1)=C=C2C. The zero-order valence-corrected chi connectivity index (χ0v) is 20.6. The highest BCUT2D eigenvalue weighted by Gasteiger charge is 2.24. The number of benzene rings is 3. The lowest BCUT2D eigenvalue weighted by Crippen LogP contribution is -2.02. The van der Waals surface area contributed by atoms with Gasteiger partial charge in [0.2, 0.25) is 0 Å². The van der Waals surface area contributed by atoms with Crippen molar-refractivity contribution >= 4 is 23.8 Å². The van der Waals surface area contributed by atoms with Crippen molar-refractivity contribution in [1.29, 1.82) is 0 Å². The zero-order valence-electron chi connectivity index (χ0n) is 20.6. The van der Waals surface area contributed by atoms with Crippen molar-refractivity contribution in [2.75, 3.05) is 0 Å². The van der Waals surface area contributed by atoms with Gasteiger partial charge in [-0.15, -0.1) is 5.73 Å². The molecule has 0 aromatic heterocycles. The summed E-state index contributed by atoms with van der Waals surface area (Å²) in [5.74, 6) is 0. The van der Waals surface area contributed by atoms with Gasteiger partial charge < -0.3 is 0 Å². The third kappa shape index (κ3) is 4.16. The van der Waals surface area contributed by atoms with Gasteiger partial charge in [-0.3, -0.25) is 0 Å². The first-order valence-electron chi connectivity index (χ1n) is 12.1. The maximum absolute atomic E-state index is 4.23. The minimum atomic E-state index is 0.979. The zero-order chi connectivity index (χ0) is 25.1. The molecule has 0 heteroatoms. The van der Waals surface area contributed by atoms with Gasteiger partial charge in [0.05, 0.1) is 0 Å². The molecule has 0 N–H and O–H groups in total. The molecule has 0 unspecified atom stereocenters. The van der Waals surface area contributed by atoms with Crippen molar-refractivity contribution in [3.63, 3.8) is 0 Å². The van der Waals surface area contributed by atoms with Gasteiger partial charge in [-0.05, 0) is 63.1 Å². The Balaban J connectivity index is 1.91. The topological polar surface area (TPSA) is 0 Å². The molecule has 0 bridgehead atoms. The summed E-state index contributed by atoms with van der Waals surface area (Å²) in [7, 11) is 0. The Kier molecular flexibility index (Phi) is 6.37. The standard InChI is InChI=1S/C36H28/c1-5-31-32(6-2)36(29-17-11-8-12-18-29)34-26(4)24-30(27-19-13-14-25(3)20-21-27)22-23-33(34)35(31)28-15-9-7-10-16-28/h5-23H,1-3H2,4H3. The van der Waals surface area contributed by atoms with E-state index in [9.17, 15) is 0 Å². The Labute approximate surface area is 214 Å². The molecule has 0 aliphatic heterocycles. The monoisotopic (exact) mass is 460 g/mol. The number of hydrogen-bond acceptors (Lipinski definition) is 0. The Hall–Kier alpha value is -4.64. The largest absolute Gasteiger partial charge is 0.108 e. The lowest BCUT2D eigenvalue weighted by Gasteiger charge is -2.23. The second-order valence-corrected chi connectivity index (χ2v) is 8.89. The van der Waals surface area contributed by atoms with Crippen LogP contribution in [0.5, 0.6) is 0 Å². The molecule has 0 fully saturated rings. The van der Waals surface area contributed by atoms with E-state index in [1.807, 2.05) is 30.4 Å². The fourth-order valence-corrected chi connectivity index (χ4v) is 5.01. The van der Waals surface area contributed by atoms with Crippen LogP contribution in [0, 0.1) is 0 Å². The molecule has 172 valence electrons. The van der Waals surface area contributed by atoms with E-state index in [0.29, 0.717) is 0 Å². The lowest BCUT2D eigenvalue weighted by atomic mass is 9.79. The molecule has 0 saturated carbocycles. The van der Waals surface area contributed by atoms with Crippen LogP contribution in [0.4, 0.5) is 0 Å². The minimum Gasteiger partial charge on any atom is -0.108 e. The van der Waals surface area contributed by atoms with Gasteiger partial charge in [-0.2, -0.15) is 0 Å². The van der Waals surface area contributed by atoms with Crippen LogP contribution in [0.1, 0.15) is 29.2 Å². The summed E-state index contributed by atoms with van der Waals surface area (Å²) < 4.78 is 0. The number of hydrogen-bond donors (Lipinski definition) is 0. The molecule has 3 aromatic carbocycles. The first kappa shape index (κ1) is 23.1. The average molecular weight is 461 g/mol. The number of allylic oxidation sites excluding steroid dienone is 9. The van der Waals surface area contributed by atoms with Crippen LogP contribution < -0.4 is 0 Å². The Morgan fingerprint density at radius 2 is 1.28 bits per heavy atom. The number of rotatable bonds is 5. The van der Waals surface area contributed by atoms with Gasteiger partial charge in [0.1, 0.15) is 0 Å². The molecule has 5 rings (SSSR count). The van der Waals surface area contributed by atoms with Gasteiger partial charge in [-0.25, -0.2) is 0 Å². The van der Waals surface area contributed by atoms with E-state index in [0.717, 1.165) is 55.7 Å². The first-order valence-corrected chi connectivity index (χ1v) is 12.1. The van der Waals surface area contributed by atoms with E-state index in [4.69, 9.17) is 0 Å². The number of fused-ring (bicyclic) bond motifs is 1. The summed E-state index contributed by atoms with van der Waals surface area (Å²) in [6.07, 6.45) is 18.7. The molecule has 3 aromatic rings. The second-order valence-electron chi connectivity index (χ2n) is 8.89. The summed E-state index contributed by atoms with van der Waals surface area (Å²) in [5, 5.41) is 0. The van der Waals surface area contributed by atoms with Crippen LogP contribution in [0.2, 0.25) is 0 Å². The van der Waals surface area contributed by atoms with Crippen LogP contribution >= 0.6 is 0 Å². The predicted molar refractivity (Wildman–Crippen MR) is 158 cm³/mol. The van der Waals surface area contributed by atoms with Crippen molar-refractivity contribution < 1.29 is 0 Å². The van der Waals surface area contributed by atoms with Crippen molar-refractivity contribution in [3.8, 4) is 22.3 Å². The summed E-state index contributed by atoms with van der Waals surface area (Å²) in [6, 6.07) is 21.1. The fraction of sp³-hybridized carbons (Fsp3) is 0.0278. The smallest absolute Gasteiger partial charge is 0.0240 e. The molecule has 36 heavy (non-hydrogen) atoms. The van der Waals surface area contributed by atoms with E-state index in [2.05, 4.69) is 117 Å². The van der Waals surface area contributed by atoms with E-state index in [-0.39, 0.29) is 0 Å². The highest BCUT2D eigenvalue weighted by Crippen LogP contribution is 2.45. The Morgan fingerprint density at radius 1 is 0.667 bits per heavy atom. The lowest BCUT2D eigenvalue weighted by molar-refractivity contribution is 1.47. The third-order valence-electron chi connectivity index (χ3n) is 6.64. The van der Waals surface area contributed by atoms with Gasteiger partial charge in [0.25, 0.3) is 0 Å². The molecule has 0 saturated heterocycles. The van der Waals surface area contributed by atoms with E-state index < -0.39 is 0 Å². The van der Waals surface area contributed by atoms with Crippen LogP contribution in [-0.4, -0.2) is 0 Å². The fourth-order valence-electron chi connectivity index (χ4n) is 5.01. The molecule has 0 nitrogen and oxygen atoms in total. The van der Waals surface area contributed by atoms with E-state index in [1.54, 1.807) is 0 Å². The predicted octanol–water partition coefficient (Wildman–Crippen LogP) is 9.87. The summed E-state index contributed by atoms with van der Waals surface area (Å²) in [4.78, 5) is 0. The summed E-state index contributed by atoms with van der Waals surface area (Å²) in [6.45, 7) is 14.7. The second kappa shape index (κ2) is 9.92. The third-order valence-corrected chi connectivity index (χ3v) is 6.64. The van der Waals surface area contributed by atoms with E-state index >= 15 is 0 Å². The van der Waals surface area contributed by atoms with Crippen molar-refractivity contribution in [1.82, 2.24) is 0 Å². The summed E-state index contributed by atoms with van der Waals surface area (Å²) in [5.41, 5.74) is 17.1. The van der Waals surface area contributed by atoms with Gasteiger partial charge in [0, 0.05) is 16.7 Å². The van der Waals surface area contributed by atoms with Crippen LogP contribution in [-0.2, 0) is 0 Å². The molecular formula is C36H28. The van der Waals surface area contributed by atoms with Gasteiger partial charge >= 0.3 is 0 Å². The molecule has 0 heterocycles. The molecule has 2 aliphatic carbocycles. The molecule has 2 aliphatic rings. The van der Waals surface area contributed by atoms with Gasteiger partial charge in [0.15, 0.2) is 0 Å². The van der Waals surface area contributed by atoms with Crippen LogP contribution in [0.3, 0.4) is 0 Å². The normalized spacial score (nSPS) is 14.2.